The number of likely N-dealkylation sites (N-methyl/N-ethyl adjacent to an activating group) is 1. The molecular formula is C36H38Cl2FN5O6. The molecule has 2 heterocycles. The summed E-state index contributed by atoms with van der Waals surface area (Å²) < 4.78 is 29.3. The topological polar surface area (TPSA) is 138 Å². The minimum absolute atomic E-state index is 0.0159. The Morgan fingerprint density at radius 2 is 1.86 bits per heavy atom. The number of hydrogen-bond donors (Lipinski definition) is 4. The number of aliphatic hydroxyl groups is 1. The number of carboxylic acid groups (broad SMARTS) is 1. The van der Waals surface area contributed by atoms with Gasteiger partial charge in [0.05, 0.1) is 35.1 Å². The van der Waals surface area contributed by atoms with Crippen LogP contribution in [0.1, 0.15) is 58.1 Å². The first-order valence-electron chi connectivity index (χ1n) is 16.1. The zero-order valence-corrected chi connectivity index (χ0v) is 29.6. The molecule has 1 unspecified atom stereocenters. The van der Waals surface area contributed by atoms with Crippen molar-refractivity contribution in [2.24, 2.45) is 7.05 Å². The highest BCUT2D eigenvalue weighted by Gasteiger charge is 2.34. The Hall–Kier alpha value is -4.20. The number of halogens is 3. The third kappa shape index (κ3) is 6.54. The third-order valence-corrected chi connectivity index (χ3v) is 10.2. The fourth-order valence-electron chi connectivity index (χ4n) is 6.59. The van der Waals surface area contributed by atoms with Crippen molar-refractivity contribution >= 4 is 40.8 Å². The van der Waals surface area contributed by atoms with Crippen LogP contribution in [0.25, 0.3) is 11.1 Å². The van der Waals surface area contributed by atoms with Crippen molar-refractivity contribution in [3.05, 3.63) is 92.2 Å². The van der Waals surface area contributed by atoms with Crippen LogP contribution in [-0.2, 0) is 37.8 Å². The first-order chi connectivity index (χ1) is 23.9. The number of anilines is 1. The standard InChI is InChI=1S/C36H38Cl2FN5O6/c1-36(18-45,35(47)48)40-16-19-15-24(37)32(30(39)31(19)49-4)50-28-12-11-21-20(7-5-8-22(21)28)23-9-6-10-25(29(23)38)42-34(46)33-41-26-17-43(2)14-13-27(26)44(33)3/h5-10,15,28,40,45H,11-14,16-18H2,1-4H3,(H,42,46)(H,47,48)/t28?,36-/m0/s1. The van der Waals surface area contributed by atoms with Gasteiger partial charge in [0.15, 0.2) is 17.3 Å². The van der Waals surface area contributed by atoms with Gasteiger partial charge in [0.25, 0.3) is 5.91 Å². The van der Waals surface area contributed by atoms with E-state index in [9.17, 15) is 19.8 Å². The molecular weight excluding hydrogens is 688 g/mol. The number of carbonyl (C=O) groups is 2. The van der Waals surface area contributed by atoms with Gasteiger partial charge in [-0.1, -0.05) is 53.5 Å². The maximum atomic E-state index is 15.9. The smallest absolute Gasteiger partial charge is 0.326 e. The number of nitrogens with one attached hydrogen (secondary N) is 2. The quantitative estimate of drug-likeness (QED) is 0.152. The van der Waals surface area contributed by atoms with E-state index in [0.717, 1.165) is 46.6 Å². The third-order valence-electron chi connectivity index (χ3n) is 9.53. The minimum atomic E-state index is -1.65. The zero-order valence-electron chi connectivity index (χ0n) is 28.1. The van der Waals surface area contributed by atoms with Crippen LogP contribution in [0.2, 0.25) is 10.0 Å². The van der Waals surface area contributed by atoms with Gasteiger partial charge in [-0.2, -0.15) is 4.39 Å². The van der Waals surface area contributed by atoms with Crippen molar-refractivity contribution in [1.29, 1.82) is 0 Å². The lowest BCUT2D eigenvalue weighted by Crippen LogP contribution is -2.52. The normalized spacial score (nSPS) is 16.8. The number of carbonyl (C=O) groups excluding carboxylic acids is 1. The van der Waals surface area contributed by atoms with Crippen LogP contribution >= 0.6 is 23.2 Å². The molecule has 0 bridgehead atoms. The van der Waals surface area contributed by atoms with E-state index in [4.69, 9.17) is 32.7 Å². The number of carboxylic acids is 1. The molecule has 6 rings (SSSR count). The number of aliphatic carboxylic acids is 1. The van der Waals surface area contributed by atoms with Gasteiger partial charge in [0.2, 0.25) is 5.82 Å². The molecule has 4 aromatic rings. The monoisotopic (exact) mass is 725 g/mol. The molecule has 0 spiro atoms. The molecule has 3 aromatic carbocycles. The first-order valence-corrected chi connectivity index (χ1v) is 16.9. The van der Waals surface area contributed by atoms with Crippen molar-refractivity contribution in [3.63, 3.8) is 0 Å². The number of fused-ring (bicyclic) bond motifs is 2. The highest BCUT2D eigenvalue weighted by atomic mass is 35.5. The summed E-state index contributed by atoms with van der Waals surface area (Å²) in [7, 11) is 5.18. The van der Waals surface area contributed by atoms with Gasteiger partial charge in [-0.15, -0.1) is 0 Å². The Balaban J connectivity index is 1.24. The summed E-state index contributed by atoms with van der Waals surface area (Å²) in [5.74, 6) is -2.46. The van der Waals surface area contributed by atoms with Gasteiger partial charge >= 0.3 is 5.97 Å². The Kier molecular flexibility index (Phi) is 10.1. The number of ether oxygens (including phenoxy) is 2. The molecule has 1 aromatic heterocycles. The number of amides is 1. The molecule has 4 N–H and O–H groups in total. The highest BCUT2D eigenvalue weighted by Crippen LogP contribution is 2.46. The summed E-state index contributed by atoms with van der Waals surface area (Å²) in [6.45, 7) is 2.08. The lowest BCUT2D eigenvalue weighted by molar-refractivity contribution is -0.145. The van der Waals surface area contributed by atoms with Crippen molar-refractivity contribution in [2.75, 3.05) is 32.6 Å². The molecule has 1 amide bonds. The van der Waals surface area contributed by atoms with E-state index in [1.165, 1.54) is 20.1 Å². The van der Waals surface area contributed by atoms with Gasteiger partial charge in [-0.05, 0) is 55.6 Å². The van der Waals surface area contributed by atoms with E-state index in [0.29, 0.717) is 35.9 Å². The maximum Gasteiger partial charge on any atom is 0.326 e. The Morgan fingerprint density at radius 3 is 2.58 bits per heavy atom. The summed E-state index contributed by atoms with van der Waals surface area (Å²) in [5, 5.41) is 25.1. The zero-order chi connectivity index (χ0) is 35.9. The average Bonchev–Trinajstić information content (AvgIpc) is 3.66. The van der Waals surface area contributed by atoms with Gasteiger partial charge in [-0.3, -0.25) is 14.9 Å². The molecule has 50 heavy (non-hydrogen) atoms. The number of benzene rings is 3. The molecule has 0 fully saturated rings. The van der Waals surface area contributed by atoms with E-state index in [-0.39, 0.29) is 34.5 Å². The van der Waals surface area contributed by atoms with Gasteiger partial charge in [0.1, 0.15) is 11.6 Å². The lowest BCUT2D eigenvalue weighted by atomic mass is 9.96. The second kappa shape index (κ2) is 14.2. The molecule has 11 nitrogen and oxygen atoms in total. The summed E-state index contributed by atoms with van der Waals surface area (Å²) in [5.41, 5.74) is 4.42. The largest absolute Gasteiger partial charge is 0.493 e. The van der Waals surface area contributed by atoms with Crippen molar-refractivity contribution in [3.8, 4) is 22.6 Å². The highest BCUT2D eigenvalue weighted by molar-refractivity contribution is 6.36. The molecule has 264 valence electrons. The van der Waals surface area contributed by atoms with Crippen molar-refractivity contribution < 1.29 is 33.7 Å². The second-order valence-electron chi connectivity index (χ2n) is 12.9. The summed E-state index contributed by atoms with van der Waals surface area (Å²) in [6.07, 6.45) is 1.43. The van der Waals surface area contributed by atoms with Crippen LogP contribution < -0.4 is 20.1 Å². The Bertz CT molecular complexity index is 1990. The number of imidazole rings is 1. The predicted molar refractivity (Wildman–Crippen MR) is 188 cm³/mol. The average molecular weight is 727 g/mol. The molecule has 0 saturated carbocycles. The Morgan fingerprint density at radius 1 is 1.12 bits per heavy atom. The molecule has 14 heteroatoms. The van der Waals surface area contributed by atoms with Gasteiger partial charge in [0, 0.05) is 49.9 Å². The van der Waals surface area contributed by atoms with E-state index in [2.05, 4.69) is 20.5 Å². The number of rotatable bonds is 11. The fourth-order valence-corrected chi connectivity index (χ4v) is 7.13. The second-order valence-corrected chi connectivity index (χ2v) is 13.6. The number of hydrogen-bond acceptors (Lipinski definition) is 8. The van der Waals surface area contributed by atoms with Crippen LogP contribution in [-0.4, -0.2) is 69.4 Å². The number of aromatic nitrogens is 2. The van der Waals surface area contributed by atoms with Crippen LogP contribution in [0.5, 0.6) is 11.5 Å². The van der Waals surface area contributed by atoms with E-state index in [1.807, 2.05) is 49.0 Å². The van der Waals surface area contributed by atoms with E-state index >= 15 is 4.39 Å². The molecule has 0 saturated heterocycles. The van der Waals surface area contributed by atoms with Crippen molar-refractivity contribution in [1.82, 2.24) is 19.8 Å². The van der Waals surface area contributed by atoms with Crippen LogP contribution in [0.4, 0.5) is 10.1 Å². The van der Waals surface area contributed by atoms with Crippen LogP contribution in [0.15, 0.2) is 42.5 Å². The van der Waals surface area contributed by atoms with E-state index < -0.39 is 30.0 Å². The summed E-state index contributed by atoms with van der Waals surface area (Å²) in [6, 6.07) is 12.7. The molecule has 2 aliphatic rings. The van der Waals surface area contributed by atoms with Crippen molar-refractivity contribution in [2.45, 2.75) is 50.9 Å². The van der Waals surface area contributed by atoms with Crippen LogP contribution in [0, 0.1) is 5.82 Å². The SMILES string of the molecule is COc1c(CN[C@@](C)(CO)C(=O)O)cc(Cl)c(OC2CCc3c(-c4cccc(NC(=O)c5nc6c(n5C)CCN(C)C6)c4Cl)cccc32)c1F. The fraction of sp³-hybridized carbons (Fsp3) is 0.361. The van der Waals surface area contributed by atoms with Gasteiger partial charge < -0.3 is 34.5 Å². The van der Waals surface area contributed by atoms with Crippen LogP contribution in [0.3, 0.4) is 0 Å². The maximum absolute atomic E-state index is 15.9. The number of aliphatic hydroxyl groups excluding tert-OH is 1. The number of nitrogens with zero attached hydrogens (tertiary/aromatic N) is 3. The molecule has 2 atom stereocenters. The first kappa shape index (κ1) is 35.6. The summed E-state index contributed by atoms with van der Waals surface area (Å²) in [4.78, 5) is 31.8. The number of methoxy groups -OCH3 is 1. The van der Waals surface area contributed by atoms with E-state index in [1.54, 1.807) is 6.07 Å². The minimum Gasteiger partial charge on any atom is -0.493 e. The molecule has 1 aliphatic heterocycles. The predicted octanol–water partition coefficient (Wildman–Crippen LogP) is 5.77. The molecule has 0 radical (unpaired) electrons. The molecule has 1 aliphatic carbocycles. The lowest BCUT2D eigenvalue weighted by Gasteiger charge is -2.25. The summed E-state index contributed by atoms with van der Waals surface area (Å²) >= 11 is 13.5. The Labute approximate surface area is 298 Å². The van der Waals surface area contributed by atoms with Gasteiger partial charge in [-0.25, -0.2) is 4.98 Å².